The number of guanidine groups is 1. The van der Waals surface area contributed by atoms with Gasteiger partial charge in [0.2, 0.25) is 0 Å². The van der Waals surface area contributed by atoms with Crippen LogP contribution in [0.2, 0.25) is 0 Å². The van der Waals surface area contributed by atoms with Crippen LogP contribution in [0.15, 0.2) is 4.99 Å². The lowest BCUT2D eigenvalue weighted by molar-refractivity contribution is 0.317. The lowest BCUT2D eigenvalue weighted by Crippen LogP contribution is -2.42. The Labute approximate surface area is 106 Å². The second-order valence-electron chi connectivity index (χ2n) is 4.95. The third-order valence-corrected chi connectivity index (χ3v) is 3.47. The third kappa shape index (κ3) is 4.94. The molecular formula is C13H28N4. The fourth-order valence-electron chi connectivity index (χ4n) is 2.06. The molecule has 1 saturated heterocycles. The number of nitrogens with one attached hydrogen (secondary N) is 2. The van der Waals surface area contributed by atoms with Gasteiger partial charge in [-0.3, -0.25) is 4.99 Å². The second-order valence-corrected chi connectivity index (χ2v) is 4.95. The van der Waals surface area contributed by atoms with Crippen molar-refractivity contribution >= 4 is 5.96 Å². The summed E-state index contributed by atoms with van der Waals surface area (Å²) in [6, 6.07) is 1.11. The number of likely N-dealkylation sites (N-methyl/N-ethyl adjacent to an activating group) is 1. The van der Waals surface area contributed by atoms with Gasteiger partial charge in [0.15, 0.2) is 5.96 Å². The number of rotatable bonds is 5. The Morgan fingerprint density at radius 3 is 2.76 bits per heavy atom. The molecular weight excluding hydrogens is 212 g/mol. The van der Waals surface area contributed by atoms with Crippen LogP contribution < -0.4 is 10.6 Å². The molecule has 0 aromatic rings. The van der Waals surface area contributed by atoms with E-state index in [-0.39, 0.29) is 0 Å². The molecule has 2 N–H and O–H groups in total. The molecule has 0 saturated carbocycles. The Morgan fingerprint density at radius 2 is 2.24 bits per heavy atom. The van der Waals surface area contributed by atoms with Gasteiger partial charge in [-0.05, 0) is 46.7 Å². The first-order valence-corrected chi connectivity index (χ1v) is 6.92. The molecule has 0 radical (unpaired) electrons. The zero-order chi connectivity index (χ0) is 12.7. The van der Waals surface area contributed by atoms with Crippen LogP contribution in [0.1, 0.15) is 40.0 Å². The number of likely N-dealkylation sites (tertiary alicyclic amines) is 1. The first-order valence-electron chi connectivity index (χ1n) is 6.92. The molecule has 0 aliphatic carbocycles. The van der Waals surface area contributed by atoms with Crippen LogP contribution in [-0.4, -0.2) is 49.6 Å². The van der Waals surface area contributed by atoms with Crippen molar-refractivity contribution in [2.24, 2.45) is 4.99 Å². The molecule has 2 atom stereocenters. The first-order chi connectivity index (χ1) is 8.17. The molecule has 0 aromatic heterocycles. The average molecular weight is 240 g/mol. The summed E-state index contributed by atoms with van der Waals surface area (Å²) in [6.07, 6.45) is 3.71. The van der Waals surface area contributed by atoms with Gasteiger partial charge in [0.25, 0.3) is 0 Å². The quantitative estimate of drug-likeness (QED) is 0.564. The Bertz CT molecular complexity index is 240. The lowest BCUT2D eigenvalue weighted by Gasteiger charge is -2.20. The fourth-order valence-corrected chi connectivity index (χ4v) is 2.06. The average Bonchev–Trinajstić information content (AvgIpc) is 2.72. The first kappa shape index (κ1) is 14.3. The molecule has 0 bridgehead atoms. The normalized spacial score (nSPS) is 23.8. The van der Waals surface area contributed by atoms with Gasteiger partial charge in [-0.15, -0.1) is 0 Å². The summed E-state index contributed by atoms with van der Waals surface area (Å²) in [5.41, 5.74) is 0. The Morgan fingerprint density at radius 1 is 1.47 bits per heavy atom. The molecule has 17 heavy (non-hydrogen) atoms. The largest absolute Gasteiger partial charge is 0.357 e. The number of hydrogen-bond acceptors (Lipinski definition) is 2. The van der Waals surface area contributed by atoms with E-state index < -0.39 is 0 Å². The zero-order valence-corrected chi connectivity index (χ0v) is 11.8. The van der Waals surface area contributed by atoms with E-state index in [1.54, 1.807) is 0 Å². The standard InChI is InChI=1S/C13H28N4/c1-5-11(3)16-13(14-6-2)15-10-12-8-7-9-17(12)4/h11-12H,5-10H2,1-4H3,(H2,14,15,16). The van der Waals surface area contributed by atoms with Crippen molar-refractivity contribution in [2.45, 2.75) is 52.1 Å². The lowest BCUT2D eigenvalue weighted by atomic mass is 10.2. The van der Waals surface area contributed by atoms with Gasteiger partial charge in [-0.1, -0.05) is 6.92 Å². The summed E-state index contributed by atoms with van der Waals surface area (Å²) in [6.45, 7) is 9.52. The van der Waals surface area contributed by atoms with Crippen LogP contribution in [0.5, 0.6) is 0 Å². The van der Waals surface area contributed by atoms with E-state index in [0.717, 1.165) is 25.5 Å². The SMILES string of the molecule is CCNC(=NCC1CCCN1C)NC(C)CC. The van der Waals surface area contributed by atoms with E-state index in [2.05, 4.69) is 48.3 Å². The number of hydrogen-bond donors (Lipinski definition) is 2. The van der Waals surface area contributed by atoms with Crippen molar-refractivity contribution < 1.29 is 0 Å². The van der Waals surface area contributed by atoms with Crippen molar-refractivity contribution in [3.05, 3.63) is 0 Å². The summed E-state index contributed by atoms with van der Waals surface area (Å²) >= 11 is 0. The van der Waals surface area contributed by atoms with Crippen molar-refractivity contribution in [3.8, 4) is 0 Å². The topological polar surface area (TPSA) is 39.7 Å². The van der Waals surface area contributed by atoms with Crippen LogP contribution in [-0.2, 0) is 0 Å². The minimum Gasteiger partial charge on any atom is -0.357 e. The van der Waals surface area contributed by atoms with Gasteiger partial charge in [0, 0.05) is 18.6 Å². The van der Waals surface area contributed by atoms with E-state index in [9.17, 15) is 0 Å². The second kappa shape index (κ2) is 7.54. The summed E-state index contributed by atoms with van der Waals surface area (Å²) < 4.78 is 0. The van der Waals surface area contributed by atoms with Gasteiger partial charge in [0.1, 0.15) is 0 Å². The molecule has 4 heteroatoms. The monoisotopic (exact) mass is 240 g/mol. The van der Waals surface area contributed by atoms with Crippen molar-refractivity contribution in [3.63, 3.8) is 0 Å². The maximum absolute atomic E-state index is 4.69. The van der Waals surface area contributed by atoms with E-state index in [4.69, 9.17) is 0 Å². The fraction of sp³-hybridized carbons (Fsp3) is 0.923. The highest BCUT2D eigenvalue weighted by Gasteiger charge is 2.20. The third-order valence-electron chi connectivity index (χ3n) is 3.47. The minimum atomic E-state index is 0.481. The highest BCUT2D eigenvalue weighted by Crippen LogP contribution is 2.14. The van der Waals surface area contributed by atoms with Crippen LogP contribution in [0, 0.1) is 0 Å². The Hall–Kier alpha value is -0.770. The molecule has 0 aromatic carbocycles. The van der Waals surface area contributed by atoms with E-state index in [1.165, 1.54) is 19.4 Å². The maximum Gasteiger partial charge on any atom is 0.191 e. The molecule has 1 rings (SSSR count). The van der Waals surface area contributed by atoms with Crippen LogP contribution in [0.4, 0.5) is 0 Å². The van der Waals surface area contributed by atoms with Crippen molar-refractivity contribution in [1.82, 2.24) is 15.5 Å². The minimum absolute atomic E-state index is 0.481. The van der Waals surface area contributed by atoms with Crippen molar-refractivity contribution in [1.29, 1.82) is 0 Å². The summed E-state index contributed by atoms with van der Waals surface area (Å²) in [5.74, 6) is 0.960. The Balaban J connectivity index is 2.44. The van der Waals surface area contributed by atoms with Gasteiger partial charge < -0.3 is 15.5 Å². The van der Waals surface area contributed by atoms with Crippen LogP contribution >= 0.6 is 0 Å². The van der Waals surface area contributed by atoms with E-state index >= 15 is 0 Å². The molecule has 1 heterocycles. The van der Waals surface area contributed by atoms with Crippen LogP contribution in [0.25, 0.3) is 0 Å². The molecule has 1 fully saturated rings. The van der Waals surface area contributed by atoms with Crippen LogP contribution in [0.3, 0.4) is 0 Å². The Kier molecular flexibility index (Phi) is 6.34. The zero-order valence-electron chi connectivity index (χ0n) is 11.8. The molecule has 2 unspecified atom stereocenters. The highest BCUT2D eigenvalue weighted by molar-refractivity contribution is 5.80. The maximum atomic E-state index is 4.69. The van der Waals surface area contributed by atoms with E-state index in [1.807, 2.05) is 0 Å². The predicted molar refractivity (Wildman–Crippen MR) is 74.5 cm³/mol. The van der Waals surface area contributed by atoms with Gasteiger partial charge >= 0.3 is 0 Å². The summed E-state index contributed by atoms with van der Waals surface area (Å²) in [5, 5.41) is 6.73. The van der Waals surface area contributed by atoms with Crippen molar-refractivity contribution in [2.75, 3.05) is 26.7 Å². The molecule has 0 spiro atoms. The molecule has 1 aliphatic heterocycles. The van der Waals surface area contributed by atoms with Gasteiger partial charge in [-0.2, -0.15) is 0 Å². The highest BCUT2D eigenvalue weighted by atomic mass is 15.2. The van der Waals surface area contributed by atoms with E-state index in [0.29, 0.717) is 12.1 Å². The number of nitrogens with zero attached hydrogens (tertiary/aromatic N) is 2. The number of aliphatic imine (C=N–C) groups is 1. The molecule has 4 nitrogen and oxygen atoms in total. The molecule has 1 aliphatic rings. The van der Waals surface area contributed by atoms with Gasteiger partial charge in [-0.25, -0.2) is 0 Å². The summed E-state index contributed by atoms with van der Waals surface area (Å²) in [7, 11) is 2.20. The molecule has 100 valence electrons. The summed E-state index contributed by atoms with van der Waals surface area (Å²) in [4.78, 5) is 7.10. The smallest absolute Gasteiger partial charge is 0.191 e. The molecule has 0 amide bonds. The predicted octanol–water partition coefficient (Wildman–Crippen LogP) is 1.43. The van der Waals surface area contributed by atoms with Gasteiger partial charge in [0.05, 0.1) is 6.54 Å².